The second-order valence-corrected chi connectivity index (χ2v) is 8.01. The van der Waals surface area contributed by atoms with Crippen molar-refractivity contribution in [1.82, 2.24) is 9.88 Å². The smallest absolute Gasteiger partial charge is 0.273 e. The molecule has 4 rings (SSSR count). The van der Waals surface area contributed by atoms with E-state index in [1.165, 1.54) is 0 Å². The van der Waals surface area contributed by atoms with Crippen LogP contribution in [-0.4, -0.2) is 53.9 Å². The van der Waals surface area contributed by atoms with Gasteiger partial charge in [-0.15, -0.1) is 0 Å². The Morgan fingerprint density at radius 2 is 1.83 bits per heavy atom. The number of hydrogen-bond donors (Lipinski definition) is 0. The van der Waals surface area contributed by atoms with Gasteiger partial charge in [0, 0.05) is 50.4 Å². The van der Waals surface area contributed by atoms with Gasteiger partial charge in [0.1, 0.15) is 5.69 Å². The van der Waals surface area contributed by atoms with Crippen molar-refractivity contribution in [1.29, 1.82) is 0 Å². The van der Waals surface area contributed by atoms with E-state index in [2.05, 4.69) is 9.88 Å². The Balaban J connectivity index is 1.47. The molecule has 0 N–H and O–H groups in total. The van der Waals surface area contributed by atoms with Crippen LogP contribution >= 0.6 is 0 Å². The lowest BCUT2D eigenvalue weighted by Gasteiger charge is -2.38. The van der Waals surface area contributed by atoms with Crippen LogP contribution in [0.25, 0.3) is 0 Å². The quantitative estimate of drug-likeness (QED) is 0.776. The summed E-state index contributed by atoms with van der Waals surface area (Å²) in [4.78, 5) is 21.8. The zero-order valence-electron chi connectivity index (χ0n) is 17.2. The number of aromatic nitrogens is 1. The van der Waals surface area contributed by atoms with Crippen LogP contribution < -0.4 is 4.90 Å². The summed E-state index contributed by atoms with van der Waals surface area (Å²) in [7, 11) is 0. The van der Waals surface area contributed by atoms with Gasteiger partial charge >= 0.3 is 0 Å². The fraction of sp³-hybridized carbons (Fsp3) is 0.478. The first-order valence-corrected chi connectivity index (χ1v) is 10.4. The maximum Gasteiger partial charge on any atom is 0.273 e. The fourth-order valence-electron chi connectivity index (χ4n) is 4.04. The number of piperidine rings is 1. The molecular weight excluding hydrogens is 366 g/mol. The van der Waals surface area contributed by atoms with Crippen LogP contribution in [0, 0.1) is 0 Å². The van der Waals surface area contributed by atoms with E-state index in [1.807, 2.05) is 61.2 Å². The summed E-state index contributed by atoms with van der Waals surface area (Å²) in [5.41, 5.74) is 2.63. The van der Waals surface area contributed by atoms with E-state index in [1.54, 1.807) is 6.20 Å². The second-order valence-electron chi connectivity index (χ2n) is 8.01. The molecule has 0 radical (unpaired) electrons. The number of rotatable bonds is 5. The van der Waals surface area contributed by atoms with Crippen molar-refractivity contribution in [2.75, 3.05) is 31.2 Å². The molecule has 29 heavy (non-hydrogen) atoms. The van der Waals surface area contributed by atoms with Gasteiger partial charge in [0.25, 0.3) is 5.91 Å². The number of ether oxygens (including phenoxy) is 2. The molecule has 0 bridgehead atoms. The highest BCUT2D eigenvalue weighted by molar-refractivity contribution is 5.93. The average Bonchev–Trinajstić information content (AvgIpc) is 3.20. The van der Waals surface area contributed by atoms with Crippen molar-refractivity contribution < 1.29 is 14.3 Å². The lowest BCUT2D eigenvalue weighted by atomic mass is 10.0. The Hall–Kier alpha value is -2.44. The second kappa shape index (κ2) is 8.51. The van der Waals surface area contributed by atoms with Crippen molar-refractivity contribution >= 4 is 11.6 Å². The Bertz CT molecular complexity index is 824. The van der Waals surface area contributed by atoms with Crippen LogP contribution in [0.15, 0.2) is 48.7 Å². The van der Waals surface area contributed by atoms with Crippen LogP contribution in [0.2, 0.25) is 0 Å². The lowest BCUT2D eigenvalue weighted by molar-refractivity contribution is -0.169. The van der Waals surface area contributed by atoms with Gasteiger partial charge in [-0.2, -0.15) is 0 Å². The molecule has 2 aromatic rings. The van der Waals surface area contributed by atoms with Crippen LogP contribution in [0.3, 0.4) is 0 Å². The molecule has 0 aliphatic carbocycles. The summed E-state index contributed by atoms with van der Waals surface area (Å²) in [5, 5.41) is 0. The maximum absolute atomic E-state index is 13.2. The molecule has 0 unspecified atom stereocenters. The third-order valence-corrected chi connectivity index (χ3v) is 5.75. The largest absolute Gasteiger partial charge is 0.371 e. The Morgan fingerprint density at radius 3 is 2.48 bits per heavy atom. The average molecular weight is 396 g/mol. The van der Waals surface area contributed by atoms with Crippen molar-refractivity contribution in [2.45, 2.75) is 45.1 Å². The predicted molar refractivity (Wildman–Crippen MR) is 112 cm³/mol. The molecule has 6 heteroatoms. The number of hydrogen-bond acceptors (Lipinski definition) is 5. The van der Waals surface area contributed by atoms with E-state index < -0.39 is 5.79 Å². The molecule has 0 saturated carbocycles. The number of carbonyl (C=O) groups is 1. The summed E-state index contributed by atoms with van der Waals surface area (Å²) >= 11 is 0. The van der Waals surface area contributed by atoms with E-state index in [0.29, 0.717) is 25.5 Å². The van der Waals surface area contributed by atoms with E-state index >= 15 is 0 Å². The van der Waals surface area contributed by atoms with E-state index in [4.69, 9.17) is 9.47 Å². The van der Waals surface area contributed by atoms with E-state index in [-0.39, 0.29) is 11.9 Å². The van der Waals surface area contributed by atoms with E-state index in [0.717, 1.165) is 37.2 Å². The molecule has 1 aromatic heterocycles. The van der Waals surface area contributed by atoms with Crippen molar-refractivity contribution in [3.8, 4) is 0 Å². The highest BCUT2D eigenvalue weighted by Gasteiger charge is 2.39. The third kappa shape index (κ3) is 4.43. The van der Waals surface area contributed by atoms with Crippen LogP contribution in [-0.2, 0) is 16.0 Å². The van der Waals surface area contributed by atoms with Crippen LogP contribution in [0.4, 0.5) is 5.69 Å². The SMILES string of the molecule is CC(C)N(Cc1ccccc1)C(=O)c1cc(N2CCC3(CC2)OCCO3)ccn1. The Kier molecular flexibility index (Phi) is 5.83. The van der Waals surface area contributed by atoms with Gasteiger partial charge in [0.2, 0.25) is 0 Å². The van der Waals surface area contributed by atoms with Crippen molar-refractivity contribution in [3.63, 3.8) is 0 Å². The molecule has 1 spiro atoms. The number of carbonyl (C=O) groups excluding carboxylic acids is 1. The van der Waals surface area contributed by atoms with Crippen molar-refractivity contribution in [3.05, 3.63) is 59.9 Å². The summed E-state index contributed by atoms with van der Waals surface area (Å²) in [5.74, 6) is -0.437. The van der Waals surface area contributed by atoms with Gasteiger partial charge < -0.3 is 19.3 Å². The maximum atomic E-state index is 13.2. The lowest BCUT2D eigenvalue weighted by Crippen LogP contribution is -2.45. The van der Waals surface area contributed by atoms with Crippen LogP contribution in [0.1, 0.15) is 42.7 Å². The molecule has 1 aromatic carbocycles. The normalized spacial score (nSPS) is 18.4. The Labute approximate surface area is 172 Å². The summed E-state index contributed by atoms with van der Waals surface area (Å²) < 4.78 is 11.6. The highest BCUT2D eigenvalue weighted by Crippen LogP contribution is 2.33. The minimum Gasteiger partial charge on any atom is -0.371 e. The molecule has 3 heterocycles. The summed E-state index contributed by atoms with van der Waals surface area (Å²) in [6.07, 6.45) is 3.41. The van der Waals surface area contributed by atoms with Crippen molar-refractivity contribution in [2.24, 2.45) is 0 Å². The fourth-order valence-corrected chi connectivity index (χ4v) is 4.04. The number of anilines is 1. The molecule has 154 valence electrons. The first-order chi connectivity index (χ1) is 14.1. The molecule has 6 nitrogen and oxygen atoms in total. The summed E-state index contributed by atoms with van der Waals surface area (Å²) in [6, 6.07) is 14.0. The van der Waals surface area contributed by atoms with Crippen LogP contribution in [0.5, 0.6) is 0 Å². The van der Waals surface area contributed by atoms with Gasteiger partial charge in [-0.1, -0.05) is 30.3 Å². The van der Waals surface area contributed by atoms with E-state index in [9.17, 15) is 4.79 Å². The molecule has 1 amide bonds. The third-order valence-electron chi connectivity index (χ3n) is 5.75. The number of pyridine rings is 1. The molecule has 2 aliphatic heterocycles. The molecular formula is C23H29N3O3. The standard InChI is InChI=1S/C23H29N3O3/c1-18(2)26(17-19-6-4-3-5-7-19)22(27)21-16-20(8-11-24-21)25-12-9-23(10-13-25)28-14-15-29-23/h3-8,11,16,18H,9-10,12-15,17H2,1-2H3. The zero-order chi connectivity index (χ0) is 20.3. The first-order valence-electron chi connectivity index (χ1n) is 10.4. The molecule has 2 aliphatic rings. The summed E-state index contributed by atoms with van der Waals surface area (Å²) in [6.45, 7) is 7.70. The number of nitrogens with zero attached hydrogens (tertiary/aromatic N) is 3. The highest BCUT2D eigenvalue weighted by atomic mass is 16.7. The minimum absolute atomic E-state index is 0.0401. The first kappa shape index (κ1) is 19.9. The molecule has 2 saturated heterocycles. The monoisotopic (exact) mass is 395 g/mol. The number of benzene rings is 1. The predicted octanol–water partition coefficient (Wildman–Crippen LogP) is 3.48. The number of amides is 1. The molecule has 2 fully saturated rings. The van der Waals surface area contributed by atoms with Gasteiger partial charge in [-0.3, -0.25) is 9.78 Å². The van der Waals surface area contributed by atoms with Gasteiger partial charge in [-0.05, 0) is 31.5 Å². The van der Waals surface area contributed by atoms with Gasteiger partial charge in [-0.25, -0.2) is 0 Å². The van der Waals surface area contributed by atoms with Gasteiger partial charge in [0.15, 0.2) is 5.79 Å². The Morgan fingerprint density at radius 1 is 1.14 bits per heavy atom. The zero-order valence-corrected chi connectivity index (χ0v) is 17.2. The molecule has 0 atom stereocenters. The topological polar surface area (TPSA) is 54.9 Å². The minimum atomic E-state index is -0.397. The van der Waals surface area contributed by atoms with Gasteiger partial charge in [0.05, 0.1) is 13.2 Å².